The summed E-state index contributed by atoms with van der Waals surface area (Å²) in [5.41, 5.74) is 0. The van der Waals surface area contributed by atoms with Crippen LogP contribution in [-0.2, 0) is 28.6 Å². The lowest BCUT2D eigenvalue weighted by Gasteiger charge is -2.18. The summed E-state index contributed by atoms with van der Waals surface area (Å²) in [5, 5.41) is 0. The fourth-order valence-electron chi connectivity index (χ4n) is 9.15. The van der Waals surface area contributed by atoms with Gasteiger partial charge in [0, 0.05) is 19.3 Å². The van der Waals surface area contributed by atoms with Gasteiger partial charge in [-0.25, -0.2) is 0 Å². The van der Waals surface area contributed by atoms with Crippen molar-refractivity contribution in [3.63, 3.8) is 0 Å². The number of carbonyl (C=O) groups excluding carboxylic acids is 3. The van der Waals surface area contributed by atoms with E-state index >= 15 is 0 Å². The average Bonchev–Trinajstić information content (AvgIpc) is 3.39. The molecule has 1 atom stereocenters. The molecule has 0 aliphatic rings. The van der Waals surface area contributed by atoms with Crippen molar-refractivity contribution in [3.05, 3.63) is 60.8 Å². The molecule has 0 radical (unpaired) electrons. The van der Waals surface area contributed by atoms with Crippen molar-refractivity contribution < 1.29 is 28.6 Å². The Morgan fingerprint density at radius 3 is 0.781 bits per heavy atom. The average molecular weight is 1020 g/mol. The van der Waals surface area contributed by atoms with Gasteiger partial charge in [0.15, 0.2) is 6.10 Å². The Balaban J connectivity index is 4.38. The van der Waals surface area contributed by atoms with E-state index in [1.807, 2.05) is 0 Å². The quantitative estimate of drug-likeness (QED) is 0.0261. The van der Waals surface area contributed by atoms with Crippen LogP contribution in [0.5, 0.6) is 0 Å². The monoisotopic (exact) mass is 1020 g/mol. The van der Waals surface area contributed by atoms with Gasteiger partial charge < -0.3 is 14.2 Å². The second-order valence-electron chi connectivity index (χ2n) is 21.3. The van der Waals surface area contributed by atoms with Crippen LogP contribution in [0, 0.1) is 0 Å². The molecule has 0 heterocycles. The number of unbranched alkanes of at least 4 members (excludes halogenated alkanes) is 37. The third-order valence-corrected chi connectivity index (χ3v) is 14.0. The van der Waals surface area contributed by atoms with Crippen LogP contribution in [0.4, 0.5) is 0 Å². The maximum absolute atomic E-state index is 12.9. The topological polar surface area (TPSA) is 78.9 Å². The highest BCUT2D eigenvalue weighted by atomic mass is 16.6. The highest BCUT2D eigenvalue weighted by Crippen LogP contribution is 2.16. The van der Waals surface area contributed by atoms with Gasteiger partial charge in [-0.3, -0.25) is 14.4 Å². The first-order valence-electron chi connectivity index (χ1n) is 31.8. The fourth-order valence-corrected chi connectivity index (χ4v) is 9.15. The van der Waals surface area contributed by atoms with Crippen LogP contribution in [-0.4, -0.2) is 37.2 Å². The molecule has 0 aromatic heterocycles. The Morgan fingerprint density at radius 2 is 0.493 bits per heavy atom. The molecule has 0 saturated carbocycles. The third-order valence-electron chi connectivity index (χ3n) is 14.0. The van der Waals surface area contributed by atoms with Gasteiger partial charge in [0.1, 0.15) is 13.2 Å². The van der Waals surface area contributed by atoms with Crippen molar-refractivity contribution in [3.8, 4) is 0 Å². The predicted octanol–water partition coefficient (Wildman–Crippen LogP) is 21.6. The molecular weight excluding hydrogens is 901 g/mol. The second kappa shape index (κ2) is 61.7. The van der Waals surface area contributed by atoms with E-state index in [1.54, 1.807) is 0 Å². The van der Waals surface area contributed by atoms with Gasteiger partial charge >= 0.3 is 17.9 Å². The van der Waals surface area contributed by atoms with E-state index in [2.05, 4.69) is 81.5 Å². The summed E-state index contributed by atoms with van der Waals surface area (Å²) in [5.74, 6) is -0.885. The van der Waals surface area contributed by atoms with Gasteiger partial charge in [-0.05, 0) is 109 Å². The largest absolute Gasteiger partial charge is 0.462 e. The molecule has 73 heavy (non-hydrogen) atoms. The number of carbonyl (C=O) groups is 3. The zero-order valence-electron chi connectivity index (χ0n) is 48.7. The summed E-state index contributed by atoms with van der Waals surface area (Å²) in [6, 6.07) is 0. The lowest BCUT2D eigenvalue weighted by molar-refractivity contribution is -0.167. The zero-order chi connectivity index (χ0) is 52.9. The van der Waals surface area contributed by atoms with Crippen molar-refractivity contribution in [1.82, 2.24) is 0 Å². The summed E-state index contributed by atoms with van der Waals surface area (Å²) >= 11 is 0. The molecule has 0 aromatic rings. The molecular formula is C67H120O6. The molecule has 0 bridgehead atoms. The molecule has 0 amide bonds. The second-order valence-corrected chi connectivity index (χ2v) is 21.3. The Hall–Kier alpha value is -2.89. The van der Waals surface area contributed by atoms with Crippen molar-refractivity contribution in [2.24, 2.45) is 0 Å². The number of hydrogen-bond donors (Lipinski definition) is 0. The van der Waals surface area contributed by atoms with Crippen LogP contribution < -0.4 is 0 Å². The van der Waals surface area contributed by atoms with Gasteiger partial charge in [0.2, 0.25) is 0 Å². The minimum absolute atomic E-state index is 0.0809. The highest BCUT2D eigenvalue weighted by Gasteiger charge is 2.19. The summed E-state index contributed by atoms with van der Waals surface area (Å²) in [7, 11) is 0. The number of esters is 3. The number of hydrogen-bond acceptors (Lipinski definition) is 6. The molecule has 0 aliphatic carbocycles. The lowest BCUT2D eigenvalue weighted by atomic mass is 10.1. The maximum atomic E-state index is 12.9. The molecule has 6 heteroatoms. The molecule has 1 unspecified atom stereocenters. The minimum Gasteiger partial charge on any atom is -0.462 e. The van der Waals surface area contributed by atoms with Crippen LogP contribution in [0.3, 0.4) is 0 Å². The van der Waals surface area contributed by atoms with Crippen molar-refractivity contribution in [2.45, 2.75) is 335 Å². The Kier molecular flexibility index (Phi) is 59.2. The SMILES string of the molecule is CCCCCC/C=C\C/C=C\CCCCCCCCCC(=O)OC(COC(=O)CCCCCCC/C=C\CCCCCCCCC)COC(=O)CCCCCCCCCCC/C=C\C/C=C\CCCCCCC. The third kappa shape index (κ3) is 59.9. The number of ether oxygens (including phenoxy) is 3. The zero-order valence-corrected chi connectivity index (χ0v) is 48.7. The van der Waals surface area contributed by atoms with Crippen LogP contribution in [0.1, 0.15) is 329 Å². The normalized spacial score (nSPS) is 12.4. The summed E-state index contributed by atoms with van der Waals surface area (Å²) in [6.07, 6.45) is 77.8. The van der Waals surface area contributed by atoms with Gasteiger partial charge in [0.05, 0.1) is 0 Å². The molecule has 0 rings (SSSR count). The molecule has 0 aromatic carbocycles. The fraction of sp³-hybridized carbons (Fsp3) is 0.806. The number of allylic oxidation sites excluding steroid dienone is 10. The predicted molar refractivity (Wildman–Crippen MR) is 316 cm³/mol. The maximum Gasteiger partial charge on any atom is 0.306 e. The van der Waals surface area contributed by atoms with Gasteiger partial charge in [-0.2, -0.15) is 0 Å². The molecule has 0 N–H and O–H groups in total. The highest BCUT2D eigenvalue weighted by molar-refractivity contribution is 5.71. The van der Waals surface area contributed by atoms with Crippen LogP contribution in [0.2, 0.25) is 0 Å². The van der Waals surface area contributed by atoms with E-state index < -0.39 is 6.10 Å². The lowest BCUT2D eigenvalue weighted by Crippen LogP contribution is -2.30. The van der Waals surface area contributed by atoms with E-state index in [4.69, 9.17) is 14.2 Å². The van der Waals surface area contributed by atoms with Gasteiger partial charge in [-0.1, -0.05) is 261 Å². The van der Waals surface area contributed by atoms with Gasteiger partial charge in [-0.15, -0.1) is 0 Å². The molecule has 0 fully saturated rings. The van der Waals surface area contributed by atoms with Crippen molar-refractivity contribution in [1.29, 1.82) is 0 Å². The molecule has 424 valence electrons. The Morgan fingerprint density at radius 1 is 0.274 bits per heavy atom. The van der Waals surface area contributed by atoms with E-state index in [0.29, 0.717) is 19.3 Å². The van der Waals surface area contributed by atoms with E-state index in [9.17, 15) is 14.4 Å². The van der Waals surface area contributed by atoms with Crippen LogP contribution in [0.25, 0.3) is 0 Å². The standard InChI is InChI=1S/C67H120O6/c1-4-7-10-13-16-19-22-25-28-31-33-34-35-37-39-42-45-48-51-54-57-60-66(69)72-63-64(62-71-65(68)59-56-53-50-47-44-41-38-30-27-24-21-18-15-12-9-6-3)73-67(70)61-58-55-52-49-46-43-40-36-32-29-26-23-20-17-14-11-8-5-2/h20,22-23,25,29-33,38,64H,4-19,21,24,26-28,34-37,39-63H2,1-3H3/b23-20-,25-22-,32-29-,33-31-,38-30-. The first kappa shape index (κ1) is 70.1. The summed E-state index contributed by atoms with van der Waals surface area (Å²) in [6.45, 7) is 6.63. The number of rotatable bonds is 58. The van der Waals surface area contributed by atoms with E-state index in [0.717, 1.165) is 83.5 Å². The minimum atomic E-state index is -0.784. The van der Waals surface area contributed by atoms with Gasteiger partial charge in [0.25, 0.3) is 0 Å². The van der Waals surface area contributed by atoms with E-state index in [-0.39, 0.29) is 31.1 Å². The smallest absolute Gasteiger partial charge is 0.306 e. The molecule has 0 saturated heterocycles. The van der Waals surface area contributed by atoms with Crippen LogP contribution >= 0.6 is 0 Å². The first-order valence-corrected chi connectivity index (χ1v) is 31.8. The Bertz CT molecular complexity index is 1310. The van der Waals surface area contributed by atoms with Crippen LogP contribution in [0.15, 0.2) is 60.8 Å². The molecule has 0 spiro atoms. The summed E-state index contributed by atoms with van der Waals surface area (Å²) in [4.78, 5) is 38.3. The molecule has 6 nitrogen and oxygen atoms in total. The molecule has 0 aliphatic heterocycles. The first-order chi connectivity index (χ1) is 36.0. The van der Waals surface area contributed by atoms with Crippen molar-refractivity contribution in [2.75, 3.05) is 13.2 Å². The van der Waals surface area contributed by atoms with E-state index in [1.165, 1.54) is 205 Å². The summed E-state index contributed by atoms with van der Waals surface area (Å²) < 4.78 is 16.9. The Labute approximate surface area is 453 Å². The van der Waals surface area contributed by atoms with Crippen molar-refractivity contribution >= 4 is 17.9 Å².